The van der Waals surface area contributed by atoms with Gasteiger partial charge in [-0.3, -0.25) is 14.9 Å². The van der Waals surface area contributed by atoms with Crippen LogP contribution < -0.4 is 16.0 Å². The van der Waals surface area contributed by atoms with E-state index in [1.807, 2.05) is 60.7 Å². The maximum absolute atomic E-state index is 12.7. The Hall–Kier alpha value is -4.29. The van der Waals surface area contributed by atoms with Crippen LogP contribution >= 0.6 is 12.2 Å². The second-order valence-electron chi connectivity index (χ2n) is 7.21. The molecule has 4 aromatic carbocycles. The predicted octanol–water partition coefficient (Wildman–Crippen LogP) is 5.62. The maximum atomic E-state index is 12.7. The molecule has 0 aliphatic carbocycles. The Morgan fingerprint density at radius 1 is 0.727 bits per heavy atom. The van der Waals surface area contributed by atoms with Crippen LogP contribution in [0.5, 0.6) is 0 Å². The van der Waals surface area contributed by atoms with Crippen LogP contribution in [0.3, 0.4) is 0 Å². The van der Waals surface area contributed by atoms with Crippen molar-refractivity contribution >= 4 is 57.4 Å². The number of fused-ring (bicyclic) bond motifs is 1. The van der Waals surface area contributed by atoms with Crippen LogP contribution in [0.2, 0.25) is 0 Å². The minimum atomic E-state index is -0.369. The van der Waals surface area contributed by atoms with Gasteiger partial charge in [0.25, 0.3) is 5.91 Å². The summed E-state index contributed by atoms with van der Waals surface area (Å²) in [4.78, 5) is 25.1. The summed E-state index contributed by atoms with van der Waals surface area (Å²) in [6, 6.07) is 30.0. The van der Waals surface area contributed by atoms with E-state index in [1.165, 1.54) is 6.08 Å². The summed E-state index contributed by atoms with van der Waals surface area (Å²) in [5.74, 6) is -0.652. The first-order valence-corrected chi connectivity index (χ1v) is 10.7. The number of hydrogen-bond donors (Lipinski definition) is 3. The van der Waals surface area contributed by atoms with E-state index in [0.29, 0.717) is 16.9 Å². The second-order valence-corrected chi connectivity index (χ2v) is 7.62. The van der Waals surface area contributed by atoms with Crippen LogP contribution in [-0.4, -0.2) is 16.9 Å². The highest BCUT2D eigenvalue weighted by Crippen LogP contribution is 2.20. The molecule has 2 amide bonds. The highest BCUT2D eigenvalue weighted by molar-refractivity contribution is 7.80. The number of rotatable bonds is 5. The molecule has 0 saturated carbocycles. The molecule has 4 rings (SSSR count). The molecule has 3 N–H and O–H groups in total. The zero-order chi connectivity index (χ0) is 23.0. The number of hydrogen-bond acceptors (Lipinski definition) is 3. The third-order valence-electron chi connectivity index (χ3n) is 4.93. The Morgan fingerprint density at radius 2 is 1.42 bits per heavy atom. The molecular weight excluding hydrogens is 430 g/mol. The number of para-hydroxylation sites is 2. The van der Waals surface area contributed by atoms with E-state index in [9.17, 15) is 9.59 Å². The Bertz CT molecular complexity index is 1340. The molecule has 5 nitrogen and oxygen atoms in total. The van der Waals surface area contributed by atoms with Gasteiger partial charge >= 0.3 is 0 Å². The fourth-order valence-corrected chi connectivity index (χ4v) is 3.59. The van der Waals surface area contributed by atoms with Crippen molar-refractivity contribution in [2.75, 3.05) is 10.6 Å². The lowest BCUT2D eigenvalue weighted by atomic mass is 10.0. The lowest BCUT2D eigenvalue weighted by Gasteiger charge is -2.13. The number of carbonyl (C=O) groups is 2. The van der Waals surface area contributed by atoms with Crippen molar-refractivity contribution in [1.29, 1.82) is 0 Å². The Balaban J connectivity index is 1.41. The molecule has 0 spiro atoms. The number of anilines is 2. The van der Waals surface area contributed by atoms with Gasteiger partial charge in [-0.05, 0) is 58.9 Å². The van der Waals surface area contributed by atoms with Gasteiger partial charge in [-0.1, -0.05) is 72.8 Å². The van der Waals surface area contributed by atoms with Crippen LogP contribution in [0.1, 0.15) is 15.9 Å². The summed E-state index contributed by atoms with van der Waals surface area (Å²) in [6.45, 7) is 0. The summed E-state index contributed by atoms with van der Waals surface area (Å²) in [7, 11) is 0. The quantitative estimate of drug-likeness (QED) is 0.272. The number of benzene rings is 4. The van der Waals surface area contributed by atoms with E-state index in [4.69, 9.17) is 12.2 Å². The Kier molecular flexibility index (Phi) is 6.87. The third-order valence-corrected chi connectivity index (χ3v) is 5.13. The number of carbonyl (C=O) groups excluding carboxylic acids is 2. The molecule has 4 aromatic rings. The SMILES string of the molecule is O=C(/C=C/c1cccc2ccccc12)NC(=S)Nc1ccccc1C(=O)Nc1ccccc1. The van der Waals surface area contributed by atoms with Gasteiger partial charge in [-0.25, -0.2) is 0 Å². The molecule has 0 aromatic heterocycles. The first-order chi connectivity index (χ1) is 16.1. The van der Waals surface area contributed by atoms with Gasteiger partial charge in [0.05, 0.1) is 11.3 Å². The van der Waals surface area contributed by atoms with Gasteiger partial charge in [-0.2, -0.15) is 0 Å². The Labute approximate surface area is 197 Å². The second kappa shape index (κ2) is 10.3. The van der Waals surface area contributed by atoms with Crippen LogP contribution in [0.4, 0.5) is 11.4 Å². The first kappa shape index (κ1) is 21.9. The van der Waals surface area contributed by atoms with Crippen LogP contribution in [-0.2, 0) is 4.79 Å². The molecular formula is C27H21N3O2S. The molecule has 6 heteroatoms. The summed E-state index contributed by atoms with van der Waals surface area (Å²) >= 11 is 5.29. The zero-order valence-corrected chi connectivity index (χ0v) is 18.4. The molecule has 0 aliphatic heterocycles. The normalized spacial score (nSPS) is 10.7. The summed E-state index contributed by atoms with van der Waals surface area (Å²) in [6.07, 6.45) is 3.19. The monoisotopic (exact) mass is 451 g/mol. The molecule has 0 unspecified atom stereocenters. The molecule has 162 valence electrons. The minimum absolute atomic E-state index is 0.0996. The van der Waals surface area contributed by atoms with Gasteiger partial charge in [0.1, 0.15) is 0 Å². The zero-order valence-electron chi connectivity index (χ0n) is 17.6. The van der Waals surface area contributed by atoms with Crippen molar-refractivity contribution in [3.05, 3.63) is 114 Å². The lowest BCUT2D eigenvalue weighted by Crippen LogP contribution is -2.33. The number of thiocarbonyl (C=S) groups is 1. The van der Waals surface area contributed by atoms with E-state index in [1.54, 1.807) is 42.5 Å². The highest BCUT2D eigenvalue weighted by Gasteiger charge is 2.13. The van der Waals surface area contributed by atoms with Gasteiger partial charge < -0.3 is 10.6 Å². The van der Waals surface area contributed by atoms with E-state index >= 15 is 0 Å². The number of nitrogens with one attached hydrogen (secondary N) is 3. The standard InChI is InChI=1S/C27H21N3O2S/c31-25(18-17-20-11-8-10-19-9-4-5-14-22(19)20)30-27(33)29-24-16-7-6-15-23(24)26(32)28-21-12-2-1-3-13-21/h1-18H,(H,28,32)(H2,29,30,31,33)/b18-17+. The van der Waals surface area contributed by atoms with E-state index in [0.717, 1.165) is 16.3 Å². The van der Waals surface area contributed by atoms with Crippen molar-refractivity contribution in [3.8, 4) is 0 Å². The summed E-state index contributed by atoms with van der Waals surface area (Å²) in [5, 5.41) is 10.7. The van der Waals surface area contributed by atoms with Crippen molar-refractivity contribution in [2.45, 2.75) is 0 Å². The lowest BCUT2D eigenvalue weighted by molar-refractivity contribution is -0.115. The third kappa shape index (κ3) is 5.70. The highest BCUT2D eigenvalue weighted by atomic mass is 32.1. The molecule has 0 atom stereocenters. The van der Waals surface area contributed by atoms with Gasteiger partial charge in [0.15, 0.2) is 5.11 Å². The summed E-state index contributed by atoms with van der Waals surface area (Å²) < 4.78 is 0. The molecule has 0 radical (unpaired) electrons. The average molecular weight is 452 g/mol. The topological polar surface area (TPSA) is 70.2 Å². The summed E-state index contributed by atoms with van der Waals surface area (Å²) in [5.41, 5.74) is 2.52. The van der Waals surface area contributed by atoms with E-state index < -0.39 is 0 Å². The molecule has 0 heterocycles. The maximum Gasteiger partial charge on any atom is 0.257 e. The van der Waals surface area contributed by atoms with Crippen molar-refractivity contribution in [3.63, 3.8) is 0 Å². The van der Waals surface area contributed by atoms with E-state index in [2.05, 4.69) is 16.0 Å². The molecule has 33 heavy (non-hydrogen) atoms. The molecule has 0 saturated heterocycles. The molecule has 0 bridgehead atoms. The molecule has 0 aliphatic rings. The fourth-order valence-electron chi connectivity index (χ4n) is 3.38. The van der Waals surface area contributed by atoms with Crippen molar-refractivity contribution in [1.82, 2.24) is 5.32 Å². The fraction of sp³-hybridized carbons (Fsp3) is 0. The minimum Gasteiger partial charge on any atom is -0.332 e. The Morgan fingerprint density at radius 3 is 2.27 bits per heavy atom. The number of amides is 2. The van der Waals surface area contributed by atoms with Gasteiger partial charge in [0, 0.05) is 11.8 Å². The van der Waals surface area contributed by atoms with Crippen molar-refractivity contribution in [2.24, 2.45) is 0 Å². The van der Waals surface area contributed by atoms with Crippen LogP contribution in [0.15, 0.2) is 103 Å². The van der Waals surface area contributed by atoms with Crippen LogP contribution in [0, 0.1) is 0 Å². The first-order valence-electron chi connectivity index (χ1n) is 10.3. The smallest absolute Gasteiger partial charge is 0.257 e. The van der Waals surface area contributed by atoms with E-state index in [-0.39, 0.29) is 16.9 Å². The largest absolute Gasteiger partial charge is 0.332 e. The van der Waals surface area contributed by atoms with Gasteiger partial charge in [0.2, 0.25) is 5.91 Å². The average Bonchev–Trinajstić information content (AvgIpc) is 2.83. The van der Waals surface area contributed by atoms with Gasteiger partial charge in [-0.15, -0.1) is 0 Å². The van der Waals surface area contributed by atoms with Crippen molar-refractivity contribution < 1.29 is 9.59 Å². The molecule has 0 fully saturated rings. The van der Waals surface area contributed by atoms with Crippen LogP contribution in [0.25, 0.3) is 16.8 Å². The predicted molar refractivity (Wildman–Crippen MR) is 138 cm³/mol.